The Labute approximate surface area is 174 Å². The number of benzene rings is 1. The Kier molecular flexibility index (Phi) is 5.34. The minimum absolute atomic E-state index is 0.0899. The molecule has 31 heavy (non-hydrogen) atoms. The lowest BCUT2D eigenvalue weighted by atomic mass is 9.87. The number of carbonyl (C=O) groups excluding carboxylic acids is 1. The molecule has 0 saturated carbocycles. The number of carbonyl (C=O) groups is 1. The highest BCUT2D eigenvalue weighted by atomic mass is 19.3. The van der Waals surface area contributed by atoms with E-state index in [1.807, 2.05) is 0 Å². The average Bonchev–Trinajstić information content (AvgIpc) is 3.13. The van der Waals surface area contributed by atoms with E-state index in [9.17, 15) is 23.2 Å². The first-order valence-electron chi connectivity index (χ1n) is 9.74. The van der Waals surface area contributed by atoms with Crippen molar-refractivity contribution >= 4 is 17.1 Å². The van der Waals surface area contributed by atoms with Crippen LogP contribution >= 0.6 is 0 Å². The van der Waals surface area contributed by atoms with Gasteiger partial charge in [-0.05, 0) is 42.5 Å². The van der Waals surface area contributed by atoms with E-state index in [4.69, 9.17) is 0 Å². The molecular weight excluding hydrogens is 412 g/mol. The summed E-state index contributed by atoms with van der Waals surface area (Å²) in [4.78, 5) is 41.4. The summed E-state index contributed by atoms with van der Waals surface area (Å²) >= 11 is 0. The number of imidazole rings is 1. The molecular formula is C20H21F2N5O4. The zero-order valence-electron chi connectivity index (χ0n) is 17.0. The van der Waals surface area contributed by atoms with E-state index in [1.165, 1.54) is 35.6 Å². The van der Waals surface area contributed by atoms with Crippen molar-refractivity contribution in [2.45, 2.75) is 38.5 Å². The molecule has 1 N–H and O–H groups in total. The first kappa shape index (κ1) is 20.8. The van der Waals surface area contributed by atoms with Crippen LogP contribution in [0.15, 0.2) is 34.1 Å². The quantitative estimate of drug-likeness (QED) is 0.653. The van der Waals surface area contributed by atoms with Gasteiger partial charge in [0, 0.05) is 14.1 Å². The van der Waals surface area contributed by atoms with Crippen LogP contribution < -0.4 is 21.3 Å². The summed E-state index contributed by atoms with van der Waals surface area (Å²) < 4.78 is 33.0. The molecule has 1 unspecified atom stereocenters. The molecule has 0 radical (unpaired) electrons. The molecule has 1 amide bonds. The van der Waals surface area contributed by atoms with E-state index in [-0.39, 0.29) is 35.4 Å². The third-order valence-corrected chi connectivity index (χ3v) is 5.52. The summed E-state index contributed by atoms with van der Waals surface area (Å²) in [6.45, 7) is -3.04. The smallest absolute Gasteiger partial charge is 0.387 e. The van der Waals surface area contributed by atoms with Gasteiger partial charge in [0.25, 0.3) is 5.56 Å². The summed E-state index contributed by atoms with van der Waals surface area (Å²) in [5.74, 6) is -0.243. The lowest BCUT2D eigenvalue weighted by molar-refractivity contribution is -0.122. The number of halogens is 2. The van der Waals surface area contributed by atoms with Crippen LogP contribution in [-0.2, 0) is 31.9 Å². The predicted octanol–water partition coefficient (Wildman–Crippen LogP) is 1.23. The summed E-state index contributed by atoms with van der Waals surface area (Å²) in [6.07, 6.45) is 3.55. The van der Waals surface area contributed by atoms with Crippen molar-refractivity contribution < 1.29 is 18.3 Å². The van der Waals surface area contributed by atoms with Gasteiger partial charge in [-0.2, -0.15) is 8.78 Å². The van der Waals surface area contributed by atoms with E-state index < -0.39 is 17.9 Å². The highest BCUT2D eigenvalue weighted by Gasteiger charge is 2.23. The van der Waals surface area contributed by atoms with E-state index in [2.05, 4.69) is 15.0 Å². The first-order valence-corrected chi connectivity index (χ1v) is 9.74. The van der Waals surface area contributed by atoms with Crippen LogP contribution in [0.3, 0.4) is 0 Å². The van der Waals surface area contributed by atoms with Gasteiger partial charge in [-0.15, -0.1) is 0 Å². The van der Waals surface area contributed by atoms with Crippen molar-refractivity contribution in [2.24, 2.45) is 14.1 Å². The second-order valence-corrected chi connectivity index (χ2v) is 7.50. The van der Waals surface area contributed by atoms with E-state index in [1.54, 1.807) is 12.1 Å². The minimum Gasteiger partial charge on any atom is -0.435 e. The monoisotopic (exact) mass is 433 g/mol. The Morgan fingerprint density at radius 1 is 1.29 bits per heavy atom. The standard InChI is InChI=1S/C20H21F2N5O4/c1-25-17-16(18(29)26(2)20(25)30)27(10-23-17)9-15(28)24-14-5-3-4-11-8-12(31-19(21)22)6-7-13(11)14/h6-8,10,14,19H,3-5,9H2,1-2H3,(H,24,28). The molecule has 2 heterocycles. The molecule has 0 spiro atoms. The predicted molar refractivity (Wildman–Crippen MR) is 107 cm³/mol. The van der Waals surface area contributed by atoms with Gasteiger partial charge in [-0.3, -0.25) is 18.7 Å². The third kappa shape index (κ3) is 3.82. The lowest BCUT2D eigenvalue weighted by Gasteiger charge is -2.27. The zero-order chi connectivity index (χ0) is 22.3. The average molecular weight is 433 g/mol. The fourth-order valence-electron chi connectivity index (χ4n) is 4.03. The maximum absolute atomic E-state index is 12.7. The Bertz CT molecular complexity index is 1280. The van der Waals surface area contributed by atoms with Crippen LogP contribution in [0.4, 0.5) is 8.78 Å². The zero-order valence-corrected chi connectivity index (χ0v) is 17.0. The van der Waals surface area contributed by atoms with Crippen molar-refractivity contribution in [3.8, 4) is 5.75 Å². The Balaban J connectivity index is 1.56. The molecule has 2 aromatic heterocycles. The number of hydrogen-bond acceptors (Lipinski definition) is 5. The summed E-state index contributed by atoms with van der Waals surface area (Å²) in [5, 5.41) is 2.94. The van der Waals surface area contributed by atoms with Crippen LogP contribution in [0.25, 0.3) is 11.2 Å². The van der Waals surface area contributed by atoms with Gasteiger partial charge in [0.2, 0.25) is 5.91 Å². The molecule has 0 saturated heterocycles. The molecule has 0 aliphatic heterocycles. The Hall–Kier alpha value is -3.50. The SMILES string of the molecule is Cn1c(=O)c2c(ncn2CC(=O)NC2CCCc3cc(OC(F)F)ccc32)n(C)c1=O. The summed E-state index contributed by atoms with van der Waals surface area (Å²) in [5.41, 5.74) is 1.05. The largest absolute Gasteiger partial charge is 0.435 e. The third-order valence-electron chi connectivity index (χ3n) is 5.52. The van der Waals surface area contributed by atoms with Crippen LogP contribution in [0.2, 0.25) is 0 Å². The van der Waals surface area contributed by atoms with Crippen LogP contribution in [0.5, 0.6) is 5.75 Å². The molecule has 1 aromatic carbocycles. The molecule has 4 rings (SSSR count). The number of ether oxygens (including phenoxy) is 1. The molecule has 3 aromatic rings. The van der Waals surface area contributed by atoms with E-state index in [0.29, 0.717) is 12.8 Å². The van der Waals surface area contributed by atoms with Crippen LogP contribution in [0, 0.1) is 0 Å². The van der Waals surface area contributed by atoms with Gasteiger partial charge in [0.15, 0.2) is 11.2 Å². The molecule has 0 bridgehead atoms. The van der Waals surface area contributed by atoms with Crippen molar-refractivity contribution in [2.75, 3.05) is 0 Å². The van der Waals surface area contributed by atoms with Gasteiger partial charge >= 0.3 is 12.3 Å². The fraction of sp³-hybridized carbons (Fsp3) is 0.400. The number of hydrogen-bond donors (Lipinski definition) is 1. The Morgan fingerprint density at radius 3 is 2.81 bits per heavy atom. The number of amides is 1. The number of alkyl halides is 2. The summed E-state index contributed by atoms with van der Waals surface area (Å²) in [6, 6.07) is 4.45. The molecule has 1 aliphatic rings. The number of nitrogens with zero attached hydrogens (tertiary/aromatic N) is 4. The van der Waals surface area contributed by atoms with Gasteiger partial charge in [0.1, 0.15) is 12.3 Å². The number of aryl methyl sites for hydroxylation is 2. The first-order chi connectivity index (χ1) is 14.8. The van der Waals surface area contributed by atoms with Gasteiger partial charge in [-0.25, -0.2) is 9.78 Å². The van der Waals surface area contributed by atoms with Crippen LogP contribution in [0.1, 0.15) is 30.0 Å². The van der Waals surface area contributed by atoms with Crippen molar-refractivity contribution in [3.05, 3.63) is 56.5 Å². The number of nitrogens with one attached hydrogen (secondary N) is 1. The lowest BCUT2D eigenvalue weighted by Crippen LogP contribution is -2.38. The van der Waals surface area contributed by atoms with Gasteiger partial charge in [0.05, 0.1) is 12.4 Å². The topological polar surface area (TPSA) is 100 Å². The molecule has 164 valence electrons. The molecule has 9 nitrogen and oxygen atoms in total. The van der Waals surface area contributed by atoms with Crippen molar-refractivity contribution in [3.63, 3.8) is 0 Å². The second-order valence-electron chi connectivity index (χ2n) is 7.50. The highest BCUT2D eigenvalue weighted by Crippen LogP contribution is 2.32. The number of rotatable bonds is 5. The van der Waals surface area contributed by atoms with Crippen molar-refractivity contribution in [1.29, 1.82) is 0 Å². The van der Waals surface area contributed by atoms with Crippen molar-refractivity contribution in [1.82, 2.24) is 24.0 Å². The second kappa shape index (κ2) is 7.97. The number of aromatic nitrogens is 4. The molecule has 0 fully saturated rings. The maximum atomic E-state index is 12.7. The minimum atomic E-state index is -2.89. The Morgan fingerprint density at radius 2 is 2.06 bits per heavy atom. The molecule has 11 heteroatoms. The number of fused-ring (bicyclic) bond motifs is 2. The summed E-state index contributed by atoms with van der Waals surface area (Å²) in [7, 11) is 2.87. The normalized spacial score (nSPS) is 15.8. The highest BCUT2D eigenvalue weighted by molar-refractivity contribution is 5.79. The molecule has 1 aliphatic carbocycles. The van der Waals surface area contributed by atoms with E-state index in [0.717, 1.165) is 22.1 Å². The maximum Gasteiger partial charge on any atom is 0.387 e. The van der Waals surface area contributed by atoms with Crippen LogP contribution in [-0.4, -0.2) is 31.2 Å². The fourth-order valence-corrected chi connectivity index (χ4v) is 4.03. The molecule has 1 atom stereocenters. The van der Waals surface area contributed by atoms with Gasteiger partial charge in [-0.1, -0.05) is 6.07 Å². The van der Waals surface area contributed by atoms with Gasteiger partial charge < -0.3 is 14.6 Å². The van der Waals surface area contributed by atoms with E-state index >= 15 is 0 Å².